The van der Waals surface area contributed by atoms with Gasteiger partial charge in [-0.1, -0.05) is 60.5 Å². The van der Waals surface area contributed by atoms with E-state index in [0.717, 1.165) is 6.54 Å². The first-order valence-corrected chi connectivity index (χ1v) is 6.99. The number of benzene rings is 2. The summed E-state index contributed by atoms with van der Waals surface area (Å²) in [6.07, 6.45) is 0. The van der Waals surface area contributed by atoms with Crippen molar-refractivity contribution < 1.29 is 0 Å². The van der Waals surface area contributed by atoms with Gasteiger partial charge in [0.2, 0.25) is 0 Å². The molecule has 0 saturated heterocycles. The summed E-state index contributed by atoms with van der Waals surface area (Å²) in [7, 11) is 0. The van der Waals surface area contributed by atoms with E-state index in [9.17, 15) is 0 Å². The molecular formula is C18H23N. The molecule has 0 amide bonds. The second kappa shape index (κ2) is 6.03. The van der Waals surface area contributed by atoms with Gasteiger partial charge in [0.05, 0.1) is 6.04 Å². The number of hydrogen-bond donors (Lipinski definition) is 1. The van der Waals surface area contributed by atoms with E-state index < -0.39 is 0 Å². The van der Waals surface area contributed by atoms with Crippen LogP contribution >= 0.6 is 0 Å². The quantitative estimate of drug-likeness (QED) is 0.856. The van der Waals surface area contributed by atoms with Gasteiger partial charge in [-0.2, -0.15) is 0 Å². The SMILES string of the molecule is CCNC(c1cc(C)cc(C)c1)c1ccccc1C. The van der Waals surface area contributed by atoms with Crippen LogP contribution in [0.4, 0.5) is 0 Å². The van der Waals surface area contributed by atoms with Gasteiger partial charge in [-0.25, -0.2) is 0 Å². The van der Waals surface area contributed by atoms with E-state index in [2.05, 4.69) is 75.5 Å². The molecule has 0 saturated carbocycles. The van der Waals surface area contributed by atoms with Gasteiger partial charge in [-0.3, -0.25) is 0 Å². The van der Waals surface area contributed by atoms with Crippen LogP contribution in [-0.4, -0.2) is 6.54 Å². The van der Waals surface area contributed by atoms with Gasteiger partial charge in [-0.15, -0.1) is 0 Å². The molecule has 19 heavy (non-hydrogen) atoms. The minimum Gasteiger partial charge on any atom is -0.307 e. The summed E-state index contributed by atoms with van der Waals surface area (Å²) >= 11 is 0. The second-order valence-corrected chi connectivity index (χ2v) is 5.27. The Morgan fingerprint density at radius 1 is 0.947 bits per heavy atom. The second-order valence-electron chi connectivity index (χ2n) is 5.27. The molecule has 0 aliphatic rings. The summed E-state index contributed by atoms with van der Waals surface area (Å²) in [5.74, 6) is 0. The van der Waals surface area contributed by atoms with E-state index in [4.69, 9.17) is 0 Å². The van der Waals surface area contributed by atoms with Crippen molar-refractivity contribution >= 4 is 0 Å². The zero-order valence-corrected chi connectivity index (χ0v) is 12.3. The molecule has 0 fully saturated rings. The van der Waals surface area contributed by atoms with Crippen LogP contribution in [0.5, 0.6) is 0 Å². The van der Waals surface area contributed by atoms with E-state index in [0.29, 0.717) is 0 Å². The minimum atomic E-state index is 0.282. The van der Waals surface area contributed by atoms with Gasteiger partial charge in [-0.05, 0) is 44.0 Å². The van der Waals surface area contributed by atoms with Crippen molar-refractivity contribution in [1.29, 1.82) is 0 Å². The van der Waals surface area contributed by atoms with Crippen LogP contribution in [0.25, 0.3) is 0 Å². The Hall–Kier alpha value is -1.60. The summed E-state index contributed by atoms with van der Waals surface area (Å²) in [5, 5.41) is 3.61. The predicted octanol–water partition coefficient (Wildman–Crippen LogP) is 4.31. The molecular weight excluding hydrogens is 230 g/mol. The van der Waals surface area contributed by atoms with E-state index >= 15 is 0 Å². The van der Waals surface area contributed by atoms with E-state index in [-0.39, 0.29) is 6.04 Å². The average molecular weight is 253 g/mol. The first kappa shape index (κ1) is 13.8. The Morgan fingerprint density at radius 3 is 2.16 bits per heavy atom. The van der Waals surface area contributed by atoms with Gasteiger partial charge >= 0.3 is 0 Å². The highest BCUT2D eigenvalue weighted by molar-refractivity contribution is 5.39. The third-order valence-electron chi connectivity index (χ3n) is 3.49. The fraction of sp³-hybridized carbons (Fsp3) is 0.333. The van der Waals surface area contributed by atoms with Crippen molar-refractivity contribution in [3.63, 3.8) is 0 Å². The number of aryl methyl sites for hydroxylation is 3. The Morgan fingerprint density at radius 2 is 1.58 bits per heavy atom. The molecule has 1 unspecified atom stereocenters. The monoisotopic (exact) mass is 253 g/mol. The van der Waals surface area contributed by atoms with Crippen molar-refractivity contribution in [3.8, 4) is 0 Å². The maximum Gasteiger partial charge on any atom is 0.0579 e. The maximum atomic E-state index is 3.61. The lowest BCUT2D eigenvalue weighted by Gasteiger charge is -2.22. The molecule has 0 aromatic heterocycles. The minimum absolute atomic E-state index is 0.282. The Balaban J connectivity index is 2.48. The van der Waals surface area contributed by atoms with Crippen LogP contribution in [0.15, 0.2) is 42.5 Å². The number of rotatable bonds is 4. The summed E-state index contributed by atoms with van der Waals surface area (Å²) in [5.41, 5.74) is 6.72. The summed E-state index contributed by atoms with van der Waals surface area (Å²) in [6.45, 7) is 9.64. The Labute approximate surface area is 116 Å². The molecule has 2 rings (SSSR count). The van der Waals surface area contributed by atoms with Crippen molar-refractivity contribution in [3.05, 3.63) is 70.3 Å². The van der Waals surface area contributed by atoms with Gasteiger partial charge in [0, 0.05) is 0 Å². The molecule has 1 nitrogen and oxygen atoms in total. The molecule has 2 aromatic rings. The summed E-state index contributed by atoms with van der Waals surface area (Å²) in [4.78, 5) is 0. The van der Waals surface area contributed by atoms with Gasteiger partial charge in [0.15, 0.2) is 0 Å². The van der Waals surface area contributed by atoms with Gasteiger partial charge < -0.3 is 5.32 Å². The smallest absolute Gasteiger partial charge is 0.0579 e. The average Bonchev–Trinajstić information content (AvgIpc) is 2.36. The van der Waals surface area contributed by atoms with Gasteiger partial charge in [0.1, 0.15) is 0 Å². The molecule has 0 radical (unpaired) electrons. The molecule has 0 aliphatic carbocycles. The molecule has 0 aliphatic heterocycles. The topological polar surface area (TPSA) is 12.0 Å². The highest BCUT2D eigenvalue weighted by atomic mass is 14.9. The largest absolute Gasteiger partial charge is 0.307 e. The van der Waals surface area contributed by atoms with E-state index in [1.807, 2.05) is 0 Å². The van der Waals surface area contributed by atoms with Crippen molar-refractivity contribution in [2.24, 2.45) is 0 Å². The Kier molecular flexibility index (Phi) is 4.39. The summed E-state index contributed by atoms with van der Waals surface area (Å²) in [6, 6.07) is 15.7. The van der Waals surface area contributed by atoms with Crippen LogP contribution in [-0.2, 0) is 0 Å². The van der Waals surface area contributed by atoms with Gasteiger partial charge in [0.25, 0.3) is 0 Å². The standard InChI is InChI=1S/C18H23N/c1-5-19-18(17-9-7-6-8-15(17)4)16-11-13(2)10-14(3)12-16/h6-12,18-19H,5H2,1-4H3. The zero-order valence-electron chi connectivity index (χ0n) is 12.3. The molecule has 2 aromatic carbocycles. The van der Waals surface area contributed by atoms with Crippen LogP contribution in [0.2, 0.25) is 0 Å². The highest BCUT2D eigenvalue weighted by Gasteiger charge is 2.15. The normalized spacial score (nSPS) is 12.4. The third kappa shape index (κ3) is 3.24. The molecule has 0 heterocycles. The van der Waals surface area contributed by atoms with Crippen LogP contribution in [0.1, 0.15) is 40.8 Å². The van der Waals surface area contributed by atoms with E-state index in [1.54, 1.807) is 0 Å². The van der Waals surface area contributed by atoms with Crippen LogP contribution in [0, 0.1) is 20.8 Å². The molecule has 0 bridgehead atoms. The fourth-order valence-corrected chi connectivity index (χ4v) is 2.70. The van der Waals surface area contributed by atoms with E-state index in [1.165, 1.54) is 27.8 Å². The lowest BCUT2D eigenvalue weighted by atomic mass is 9.93. The molecule has 1 atom stereocenters. The van der Waals surface area contributed by atoms with Crippen molar-refractivity contribution in [1.82, 2.24) is 5.32 Å². The lowest BCUT2D eigenvalue weighted by molar-refractivity contribution is 0.627. The zero-order chi connectivity index (χ0) is 13.8. The highest BCUT2D eigenvalue weighted by Crippen LogP contribution is 2.26. The summed E-state index contributed by atoms with van der Waals surface area (Å²) < 4.78 is 0. The molecule has 1 N–H and O–H groups in total. The molecule has 100 valence electrons. The molecule has 1 heteroatoms. The number of nitrogens with one attached hydrogen (secondary N) is 1. The first-order valence-electron chi connectivity index (χ1n) is 6.99. The maximum absolute atomic E-state index is 3.61. The van der Waals surface area contributed by atoms with Crippen molar-refractivity contribution in [2.75, 3.05) is 6.54 Å². The van der Waals surface area contributed by atoms with Crippen molar-refractivity contribution in [2.45, 2.75) is 33.7 Å². The predicted molar refractivity (Wildman–Crippen MR) is 82.6 cm³/mol. The fourth-order valence-electron chi connectivity index (χ4n) is 2.70. The first-order chi connectivity index (χ1) is 9.11. The Bertz CT molecular complexity index is 537. The number of hydrogen-bond acceptors (Lipinski definition) is 1. The lowest BCUT2D eigenvalue weighted by Crippen LogP contribution is -2.23. The van der Waals surface area contributed by atoms with Crippen LogP contribution < -0.4 is 5.32 Å². The third-order valence-corrected chi connectivity index (χ3v) is 3.49. The van der Waals surface area contributed by atoms with Crippen LogP contribution in [0.3, 0.4) is 0 Å². The molecule has 0 spiro atoms.